The standard InChI is InChI=1S/C22H19N3O5/c1-28-19-9-5-3-7-17(19)21(26)24-23-15-11-13-16(14-12-15)25-30-22(27)18-8-4-6-10-20(18)29-2/h3-14,25H,1-2H3. The fraction of sp³-hybridized carbons (Fsp3) is 0.0909. The van der Waals surface area contributed by atoms with Crippen molar-refractivity contribution in [3.8, 4) is 11.5 Å². The zero-order valence-corrected chi connectivity index (χ0v) is 16.4. The topological polar surface area (TPSA) is 98.6 Å². The highest BCUT2D eigenvalue weighted by Crippen LogP contribution is 2.22. The summed E-state index contributed by atoms with van der Waals surface area (Å²) in [5, 5.41) is 7.65. The Kier molecular flexibility index (Phi) is 6.73. The van der Waals surface area contributed by atoms with Crippen molar-refractivity contribution in [2.45, 2.75) is 0 Å². The molecule has 3 rings (SSSR count). The molecule has 8 nitrogen and oxygen atoms in total. The summed E-state index contributed by atoms with van der Waals surface area (Å²) in [7, 11) is 2.96. The zero-order chi connectivity index (χ0) is 21.3. The van der Waals surface area contributed by atoms with Crippen LogP contribution in [0, 0.1) is 0 Å². The molecule has 0 bridgehead atoms. The van der Waals surface area contributed by atoms with E-state index in [-0.39, 0.29) is 0 Å². The Bertz CT molecular complexity index is 1060. The molecule has 0 aromatic heterocycles. The Morgan fingerprint density at radius 3 is 1.97 bits per heavy atom. The van der Waals surface area contributed by atoms with Crippen LogP contribution in [-0.2, 0) is 4.84 Å². The number of anilines is 1. The van der Waals surface area contributed by atoms with Gasteiger partial charge >= 0.3 is 5.97 Å². The minimum atomic E-state index is -0.585. The number of carbonyl (C=O) groups is 2. The Hall–Kier alpha value is -4.20. The number of amides is 1. The molecule has 0 aliphatic rings. The Balaban J connectivity index is 1.60. The number of carbonyl (C=O) groups excluding carboxylic acids is 2. The first-order chi connectivity index (χ1) is 14.6. The number of hydrogen-bond acceptors (Lipinski definition) is 7. The fourth-order valence-corrected chi connectivity index (χ4v) is 2.55. The second-order valence-corrected chi connectivity index (χ2v) is 5.94. The predicted molar refractivity (Wildman–Crippen MR) is 110 cm³/mol. The van der Waals surface area contributed by atoms with Crippen molar-refractivity contribution in [1.82, 2.24) is 0 Å². The summed E-state index contributed by atoms with van der Waals surface area (Å²) in [6, 6.07) is 20.0. The molecule has 0 aliphatic heterocycles. The molecule has 3 aromatic carbocycles. The number of ether oxygens (including phenoxy) is 2. The second kappa shape index (κ2) is 9.83. The molecule has 0 heterocycles. The molecule has 0 saturated heterocycles. The minimum Gasteiger partial charge on any atom is -0.496 e. The molecule has 0 unspecified atom stereocenters. The average molecular weight is 405 g/mol. The predicted octanol–water partition coefficient (Wildman–Crippen LogP) is 4.81. The largest absolute Gasteiger partial charge is 0.496 e. The van der Waals surface area contributed by atoms with Crippen LogP contribution in [0.5, 0.6) is 11.5 Å². The van der Waals surface area contributed by atoms with E-state index in [0.29, 0.717) is 34.0 Å². The van der Waals surface area contributed by atoms with Crippen LogP contribution in [0.1, 0.15) is 20.7 Å². The average Bonchev–Trinajstić information content (AvgIpc) is 2.81. The van der Waals surface area contributed by atoms with Crippen LogP contribution < -0.4 is 15.0 Å². The van der Waals surface area contributed by atoms with Crippen LogP contribution in [-0.4, -0.2) is 26.1 Å². The van der Waals surface area contributed by atoms with Crippen LogP contribution in [0.4, 0.5) is 11.4 Å². The van der Waals surface area contributed by atoms with Crippen LogP contribution in [0.25, 0.3) is 0 Å². The van der Waals surface area contributed by atoms with E-state index in [1.807, 2.05) is 0 Å². The van der Waals surface area contributed by atoms with Crippen LogP contribution >= 0.6 is 0 Å². The third kappa shape index (κ3) is 4.99. The molecule has 0 radical (unpaired) electrons. The van der Waals surface area contributed by atoms with Crippen molar-refractivity contribution in [3.05, 3.63) is 83.9 Å². The first kappa shape index (κ1) is 20.5. The molecule has 8 heteroatoms. The maximum absolute atomic E-state index is 12.2. The molecule has 3 aromatic rings. The van der Waals surface area contributed by atoms with E-state index in [4.69, 9.17) is 14.3 Å². The zero-order valence-electron chi connectivity index (χ0n) is 16.4. The summed E-state index contributed by atoms with van der Waals surface area (Å²) >= 11 is 0. The fourth-order valence-electron chi connectivity index (χ4n) is 2.55. The van der Waals surface area contributed by atoms with Crippen LogP contribution in [0.2, 0.25) is 0 Å². The number of azo groups is 1. The maximum Gasteiger partial charge on any atom is 0.366 e. The van der Waals surface area contributed by atoms with Gasteiger partial charge in [0.05, 0.1) is 31.2 Å². The van der Waals surface area contributed by atoms with E-state index in [2.05, 4.69) is 15.7 Å². The third-order valence-corrected chi connectivity index (χ3v) is 4.05. The quantitative estimate of drug-likeness (QED) is 0.447. The number of benzene rings is 3. The summed E-state index contributed by atoms with van der Waals surface area (Å²) in [5.74, 6) is -0.253. The summed E-state index contributed by atoms with van der Waals surface area (Å²) in [4.78, 5) is 29.5. The molecule has 0 atom stereocenters. The van der Waals surface area contributed by atoms with Crippen molar-refractivity contribution in [2.24, 2.45) is 10.2 Å². The molecule has 30 heavy (non-hydrogen) atoms. The van der Waals surface area contributed by atoms with Crippen LogP contribution in [0.3, 0.4) is 0 Å². The third-order valence-electron chi connectivity index (χ3n) is 4.05. The van der Waals surface area contributed by atoms with E-state index in [1.54, 1.807) is 72.8 Å². The molecular formula is C22H19N3O5. The van der Waals surface area contributed by atoms with Gasteiger partial charge in [-0.3, -0.25) is 4.79 Å². The van der Waals surface area contributed by atoms with E-state index >= 15 is 0 Å². The molecule has 1 amide bonds. The molecule has 1 N–H and O–H groups in total. The van der Waals surface area contributed by atoms with Gasteiger partial charge in [0.15, 0.2) is 0 Å². The van der Waals surface area contributed by atoms with E-state index in [0.717, 1.165) is 0 Å². The summed E-state index contributed by atoms with van der Waals surface area (Å²) in [5.41, 5.74) is 4.17. The number of nitrogens with one attached hydrogen (secondary N) is 1. The SMILES string of the molecule is COc1ccccc1C(=O)N=Nc1ccc(NOC(=O)c2ccccc2OC)cc1. The minimum absolute atomic E-state index is 0.299. The summed E-state index contributed by atoms with van der Waals surface area (Å²) in [6.07, 6.45) is 0. The van der Waals surface area contributed by atoms with Gasteiger partial charge in [-0.2, -0.15) is 0 Å². The summed E-state index contributed by atoms with van der Waals surface area (Å²) < 4.78 is 10.3. The van der Waals surface area contributed by atoms with Crippen molar-refractivity contribution in [3.63, 3.8) is 0 Å². The number of nitrogens with zero attached hydrogens (tertiary/aromatic N) is 2. The molecule has 0 aliphatic carbocycles. The lowest BCUT2D eigenvalue weighted by Crippen LogP contribution is -2.11. The first-order valence-corrected chi connectivity index (χ1v) is 8.91. The van der Waals surface area contributed by atoms with Crippen molar-refractivity contribution < 1.29 is 23.9 Å². The number of rotatable bonds is 7. The second-order valence-electron chi connectivity index (χ2n) is 5.94. The smallest absolute Gasteiger partial charge is 0.366 e. The Labute approximate surface area is 173 Å². The first-order valence-electron chi connectivity index (χ1n) is 8.91. The van der Waals surface area contributed by atoms with E-state index in [9.17, 15) is 9.59 Å². The van der Waals surface area contributed by atoms with Gasteiger partial charge in [-0.25, -0.2) is 10.3 Å². The van der Waals surface area contributed by atoms with Gasteiger partial charge in [-0.1, -0.05) is 24.3 Å². The molecule has 152 valence electrons. The van der Waals surface area contributed by atoms with Gasteiger partial charge in [0.1, 0.15) is 17.1 Å². The highest BCUT2D eigenvalue weighted by Gasteiger charge is 2.13. The normalized spacial score (nSPS) is 10.5. The number of hydrogen-bond donors (Lipinski definition) is 1. The lowest BCUT2D eigenvalue weighted by Gasteiger charge is -2.09. The van der Waals surface area contributed by atoms with E-state index < -0.39 is 11.9 Å². The van der Waals surface area contributed by atoms with Crippen molar-refractivity contribution >= 4 is 23.3 Å². The van der Waals surface area contributed by atoms with Gasteiger partial charge in [0.2, 0.25) is 0 Å². The molecule has 0 spiro atoms. The number of para-hydroxylation sites is 2. The Morgan fingerprint density at radius 2 is 1.33 bits per heavy atom. The van der Waals surface area contributed by atoms with E-state index in [1.165, 1.54) is 14.2 Å². The van der Waals surface area contributed by atoms with Gasteiger partial charge in [-0.05, 0) is 48.5 Å². The maximum atomic E-state index is 12.2. The molecule has 0 fully saturated rings. The number of methoxy groups -OCH3 is 2. The highest BCUT2D eigenvalue weighted by atomic mass is 16.7. The summed E-state index contributed by atoms with van der Waals surface area (Å²) in [6.45, 7) is 0. The molecule has 0 saturated carbocycles. The molecular weight excluding hydrogens is 386 g/mol. The monoisotopic (exact) mass is 405 g/mol. The van der Waals surface area contributed by atoms with Gasteiger partial charge in [-0.15, -0.1) is 10.2 Å². The lowest BCUT2D eigenvalue weighted by molar-refractivity contribution is 0.0592. The van der Waals surface area contributed by atoms with Gasteiger partial charge in [0, 0.05) is 0 Å². The van der Waals surface area contributed by atoms with Crippen LogP contribution in [0.15, 0.2) is 83.0 Å². The Morgan fingerprint density at radius 1 is 0.767 bits per heavy atom. The van der Waals surface area contributed by atoms with Crippen molar-refractivity contribution in [1.29, 1.82) is 0 Å². The highest BCUT2D eigenvalue weighted by molar-refractivity contribution is 5.97. The van der Waals surface area contributed by atoms with Crippen molar-refractivity contribution in [2.75, 3.05) is 19.7 Å². The van der Waals surface area contributed by atoms with Gasteiger partial charge in [0.25, 0.3) is 5.91 Å². The lowest BCUT2D eigenvalue weighted by atomic mass is 10.2. The van der Waals surface area contributed by atoms with Gasteiger partial charge < -0.3 is 14.3 Å².